The summed E-state index contributed by atoms with van der Waals surface area (Å²) < 4.78 is 0. The molecule has 0 amide bonds. The van der Waals surface area contributed by atoms with Gasteiger partial charge in [0.15, 0.2) is 0 Å². The van der Waals surface area contributed by atoms with E-state index in [1.807, 2.05) is 32.0 Å². The molecule has 31 heavy (non-hydrogen) atoms. The van der Waals surface area contributed by atoms with Gasteiger partial charge in [0.05, 0.1) is 34.2 Å². The van der Waals surface area contributed by atoms with E-state index >= 15 is 0 Å². The second kappa shape index (κ2) is 10.2. The maximum Gasteiger partial charge on any atom is 0.0849 e. The Balaban J connectivity index is 0.00000341. The van der Waals surface area contributed by atoms with Crippen LogP contribution < -0.4 is 0 Å². The molecule has 4 heteroatoms. The molecule has 0 aliphatic heterocycles. The molecule has 1 heterocycles. The number of hydrogen-bond acceptors (Lipinski definition) is 3. The van der Waals surface area contributed by atoms with Gasteiger partial charge in [-0.1, -0.05) is 41.5 Å². The smallest absolute Gasteiger partial charge is 0.0849 e. The van der Waals surface area contributed by atoms with Crippen molar-refractivity contribution < 1.29 is 17.1 Å². The summed E-state index contributed by atoms with van der Waals surface area (Å²) in [4.78, 5) is 14.7. The zero-order valence-corrected chi connectivity index (χ0v) is 20.8. The van der Waals surface area contributed by atoms with Gasteiger partial charge in [-0.25, -0.2) is 4.98 Å². The van der Waals surface area contributed by atoms with Crippen molar-refractivity contribution in [3.05, 3.63) is 87.2 Å². The molecule has 0 saturated carbocycles. The minimum Gasteiger partial charge on any atom is -0.251 e. The fourth-order valence-electron chi connectivity index (χ4n) is 3.99. The molecule has 0 saturated heterocycles. The normalized spacial score (nSPS) is 12.0. The van der Waals surface area contributed by atoms with Crippen molar-refractivity contribution in [2.75, 3.05) is 0 Å². The van der Waals surface area contributed by atoms with Gasteiger partial charge in [-0.3, -0.25) is 9.98 Å². The quantitative estimate of drug-likeness (QED) is 0.304. The molecular formula is C27H31FeN3. The summed E-state index contributed by atoms with van der Waals surface area (Å²) in [5.74, 6) is 0. The molecule has 0 N–H and O–H groups in total. The fourth-order valence-corrected chi connectivity index (χ4v) is 3.99. The van der Waals surface area contributed by atoms with E-state index in [-0.39, 0.29) is 17.1 Å². The number of nitrogens with zero attached hydrogens (tertiary/aromatic N) is 3. The van der Waals surface area contributed by atoms with Crippen molar-refractivity contribution in [1.29, 1.82) is 0 Å². The largest absolute Gasteiger partial charge is 0.251 e. The van der Waals surface area contributed by atoms with Gasteiger partial charge in [0.2, 0.25) is 0 Å². The van der Waals surface area contributed by atoms with Crippen LogP contribution in [-0.2, 0) is 17.1 Å². The summed E-state index contributed by atoms with van der Waals surface area (Å²) in [6.07, 6.45) is 0. The second-order valence-electron chi connectivity index (χ2n) is 8.30. The number of rotatable bonds is 4. The SMILES string of the molecule is CC(=Nc1c(C)cc(C)cc1C)c1cccc(C(C)=Nc2c(C)cc(C)cc2C)n1.[Fe]. The summed E-state index contributed by atoms with van der Waals surface area (Å²) in [6, 6.07) is 14.7. The fraction of sp³-hybridized carbons (Fsp3) is 0.296. The number of aliphatic imine (C=N–C) groups is 2. The summed E-state index contributed by atoms with van der Waals surface area (Å²) in [5, 5.41) is 0. The summed E-state index contributed by atoms with van der Waals surface area (Å²) in [7, 11) is 0. The molecule has 0 spiro atoms. The van der Waals surface area contributed by atoms with Gasteiger partial charge in [0, 0.05) is 17.1 Å². The molecule has 0 radical (unpaired) electrons. The van der Waals surface area contributed by atoms with E-state index in [1.54, 1.807) is 0 Å². The van der Waals surface area contributed by atoms with Gasteiger partial charge in [0.1, 0.15) is 0 Å². The molecule has 0 aliphatic carbocycles. The van der Waals surface area contributed by atoms with Crippen LogP contribution in [0.3, 0.4) is 0 Å². The van der Waals surface area contributed by atoms with Crippen LogP contribution in [-0.4, -0.2) is 16.4 Å². The molecule has 3 aromatic rings. The maximum atomic E-state index is 4.91. The van der Waals surface area contributed by atoms with Gasteiger partial charge in [-0.15, -0.1) is 0 Å². The first-order chi connectivity index (χ1) is 14.2. The predicted octanol–water partition coefficient (Wildman–Crippen LogP) is 7.21. The van der Waals surface area contributed by atoms with Crippen LogP contribution in [0.4, 0.5) is 11.4 Å². The van der Waals surface area contributed by atoms with Crippen molar-refractivity contribution in [3.63, 3.8) is 0 Å². The minimum absolute atomic E-state index is 0. The van der Waals surface area contributed by atoms with E-state index in [0.717, 1.165) is 34.2 Å². The summed E-state index contributed by atoms with van der Waals surface area (Å²) >= 11 is 0. The Morgan fingerprint density at radius 2 is 0.935 bits per heavy atom. The van der Waals surface area contributed by atoms with E-state index in [1.165, 1.54) is 33.4 Å². The number of aryl methyl sites for hydroxylation is 6. The molecule has 2 aromatic carbocycles. The van der Waals surface area contributed by atoms with Crippen molar-refractivity contribution >= 4 is 22.8 Å². The molecule has 0 fully saturated rings. The molecule has 0 aliphatic rings. The Hall–Kier alpha value is -2.55. The Kier molecular flexibility index (Phi) is 8.11. The zero-order valence-electron chi connectivity index (χ0n) is 19.7. The molecule has 0 unspecified atom stereocenters. The summed E-state index contributed by atoms with van der Waals surface area (Å²) in [5.41, 5.74) is 12.9. The van der Waals surface area contributed by atoms with E-state index in [2.05, 4.69) is 65.8 Å². The van der Waals surface area contributed by atoms with Crippen LogP contribution in [0, 0.1) is 41.5 Å². The summed E-state index contributed by atoms with van der Waals surface area (Å²) in [6.45, 7) is 16.7. The van der Waals surface area contributed by atoms with E-state index < -0.39 is 0 Å². The number of pyridine rings is 1. The molecule has 3 rings (SSSR count). The molecule has 162 valence electrons. The average Bonchev–Trinajstić information content (AvgIpc) is 2.67. The van der Waals surface area contributed by atoms with Gasteiger partial charge in [-0.2, -0.15) is 0 Å². The first-order valence-electron chi connectivity index (χ1n) is 10.4. The molecule has 3 nitrogen and oxygen atoms in total. The van der Waals surface area contributed by atoms with Gasteiger partial charge in [0.25, 0.3) is 0 Å². The number of aromatic nitrogens is 1. The van der Waals surface area contributed by atoms with Crippen molar-refractivity contribution in [3.8, 4) is 0 Å². The maximum absolute atomic E-state index is 4.91. The standard InChI is InChI=1S/C27H31N3.Fe/c1-16-12-18(3)26(19(4)13-16)28-22(7)24-10-9-11-25(30-24)23(8)29-27-20(5)14-17(2)15-21(27)6;/h9-15H,1-8H3;. The molecule has 0 bridgehead atoms. The van der Waals surface area contributed by atoms with Crippen LogP contribution in [0.2, 0.25) is 0 Å². The molecular weight excluding hydrogens is 422 g/mol. The zero-order chi connectivity index (χ0) is 22.0. The topological polar surface area (TPSA) is 37.6 Å². The molecule has 1 aromatic heterocycles. The minimum atomic E-state index is 0. The third-order valence-corrected chi connectivity index (χ3v) is 5.32. The van der Waals surface area contributed by atoms with Crippen LogP contribution in [0.15, 0.2) is 52.4 Å². The van der Waals surface area contributed by atoms with Crippen molar-refractivity contribution in [2.45, 2.75) is 55.4 Å². The first kappa shape index (κ1) is 24.7. The third kappa shape index (κ3) is 5.78. The van der Waals surface area contributed by atoms with Gasteiger partial charge < -0.3 is 0 Å². The van der Waals surface area contributed by atoms with Crippen LogP contribution in [0.25, 0.3) is 0 Å². The second-order valence-corrected chi connectivity index (χ2v) is 8.30. The van der Waals surface area contributed by atoms with Crippen molar-refractivity contribution in [1.82, 2.24) is 4.98 Å². The number of benzene rings is 2. The van der Waals surface area contributed by atoms with Gasteiger partial charge >= 0.3 is 0 Å². The average molecular weight is 453 g/mol. The van der Waals surface area contributed by atoms with Crippen molar-refractivity contribution in [2.24, 2.45) is 9.98 Å². The first-order valence-corrected chi connectivity index (χ1v) is 10.4. The Labute approximate surface area is 197 Å². The monoisotopic (exact) mass is 453 g/mol. The van der Waals surface area contributed by atoms with E-state index in [9.17, 15) is 0 Å². The van der Waals surface area contributed by atoms with Gasteiger partial charge in [-0.05, 0) is 89.8 Å². The van der Waals surface area contributed by atoms with E-state index in [0.29, 0.717) is 0 Å². The third-order valence-electron chi connectivity index (χ3n) is 5.32. The predicted molar refractivity (Wildman–Crippen MR) is 129 cm³/mol. The Morgan fingerprint density at radius 3 is 1.26 bits per heavy atom. The van der Waals surface area contributed by atoms with Crippen LogP contribution >= 0.6 is 0 Å². The van der Waals surface area contributed by atoms with Crippen LogP contribution in [0.1, 0.15) is 58.6 Å². The Bertz CT molecular complexity index is 1040. The van der Waals surface area contributed by atoms with Crippen LogP contribution in [0.5, 0.6) is 0 Å². The number of hydrogen-bond donors (Lipinski definition) is 0. The molecule has 0 atom stereocenters. The van der Waals surface area contributed by atoms with E-state index in [4.69, 9.17) is 15.0 Å². The Morgan fingerprint density at radius 1 is 0.613 bits per heavy atom.